The number of rotatable bonds is 6. The smallest absolute Gasteiger partial charge is 0.0617 e. The van der Waals surface area contributed by atoms with Gasteiger partial charge in [-0.05, 0) is 67.4 Å². The molecule has 31 heavy (non-hydrogen) atoms. The molecule has 1 saturated carbocycles. The molecule has 1 saturated heterocycles. The molecule has 0 amide bonds. The molecule has 0 aromatic heterocycles. The summed E-state index contributed by atoms with van der Waals surface area (Å²) in [5, 5.41) is 3.74. The Hall–Kier alpha value is -1.34. The van der Waals surface area contributed by atoms with Gasteiger partial charge in [0.05, 0.1) is 0 Å². The van der Waals surface area contributed by atoms with Gasteiger partial charge >= 0.3 is 0 Å². The van der Waals surface area contributed by atoms with Crippen LogP contribution in [0.1, 0.15) is 127 Å². The third-order valence-electron chi connectivity index (χ3n) is 8.40. The molecule has 2 atom stereocenters. The third kappa shape index (κ3) is 3.56. The zero-order valence-corrected chi connectivity index (χ0v) is 22.3. The zero-order chi connectivity index (χ0) is 22.5. The Kier molecular flexibility index (Phi) is 6.29. The van der Waals surface area contributed by atoms with E-state index in [0.29, 0.717) is 23.7 Å². The number of fused-ring (bicyclic) bond motifs is 1. The van der Waals surface area contributed by atoms with Crippen molar-refractivity contribution in [1.82, 2.24) is 0 Å². The van der Waals surface area contributed by atoms with Crippen LogP contribution in [0.2, 0.25) is 11.1 Å². The Balaban J connectivity index is 2.12. The minimum Gasteiger partial charge on any atom is -0.0617 e. The second-order valence-corrected chi connectivity index (χ2v) is 15.8. The number of benzene rings is 2. The van der Waals surface area contributed by atoms with Crippen molar-refractivity contribution in [2.75, 3.05) is 0 Å². The Labute approximate surface area is 192 Å². The molecule has 0 nitrogen and oxygen atoms in total. The summed E-state index contributed by atoms with van der Waals surface area (Å²) in [6.45, 7) is 19.4. The lowest BCUT2D eigenvalue weighted by Gasteiger charge is -2.33. The Morgan fingerprint density at radius 1 is 0.548 bits per heavy atom. The maximum absolute atomic E-state index is 2.48. The van der Waals surface area contributed by atoms with Crippen LogP contribution in [0.3, 0.4) is 0 Å². The molecule has 1 heteroatoms. The lowest BCUT2D eigenvalue weighted by molar-refractivity contribution is 0.561. The summed E-state index contributed by atoms with van der Waals surface area (Å²) in [4.78, 5) is 0. The van der Waals surface area contributed by atoms with E-state index in [1.807, 2.05) is 10.4 Å². The SMILES string of the molecule is CC(C)c1cccc(C(C)C)c1[Si]1(c2c(C(C)C)cccc2C(C)C)C2CCCCC21. The van der Waals surface area contributed by atoms with Crippen LogP contribution in [-0.2, 0) is 0 Å². The van der Waals surface area contributed by atoms with Gasteiger partial charge in [0.1, 0.15) is 8.07 Å². The largest absolute Gasteiger partial charge is 0.125 e. The molecular weight excluding hydrogens is 388 g/mol. The Bertz CT molecular complexity index is 803. The summed E-state index contributed by atoms with van der Waals surface area (Å²) < 4.78 is 0. The second kappa shape index (κ2) is 8.54. The van der Waals surface area contributed by atoms with Gasteiger partial charge in [-0.15, -0.1) is 0 Å². The van der Waals surface area contributed by atoms with E-state index in [2.05, 4.69) is 91.8 Å². The van der Waals surface area contributed by atoms with Crippen LogP contribution in [0.25, 0.3) is 0 Å². The van der Waals surface area contributed by atoms with Gasteiger partial charge in [-0.25, -0.2) is 0 Å². The molecule has 1 heterocycles. The number of hydrogen-bond acceptors (Lipinski definition) is 0. The fourth-order valence-electron chi connectivity index (χ4n) is 7.05. The third-order valence-corrected chi connectivity index (χ3v) is 14.5. The van der Waals surface area contributed by atoms with Crippen molar-refractivity contribution < 1.29 is 0 Å². The molecule has 4 rings (SSSR count). The summed E-state index contributed by atoms with van der Waals surface area (Å²) in [6, 6.07) is 14.6. The first-order valence-corrected chi connectivity index (χ1v) is 15.1. The van der Waals surface area contributed by atoms with E-state index in [0.717, 1.165) is 11.1 Å². The Morgan fingerprint density at radius 2 is 0.839 bits per heavy atom. The molecule has 0 bridgehead atoms. The molecule has 2 aliphatic rings. The molecule has 2 aromatic rings. The summed E-state index contributed by atoms with van der Waals surface area (Å²) in [5.41, 5.74) is 8.58. The van der Waals surface area contributed by atoms with Crippen LogP contribution < -0.4 is 10.4 Å². The van der Waals surface area contributed by atoms with E-state index in [1.54, 1.807) is 22.3 Å². The van der Waals surface area contributed by atoms with Crippen LogP contribution in [-0.4, -0.2) is 8.07 Å². The summed E-state index contributed by atoms with van der Waals surface area (Å²) in [7, 11) is -1.83. The minimum absolute atomic E-state index is 0.592. The summed E-state index contributed by atoms with van der Waals surface area (Å²) in [6.07, 6.45) is 5.81. The van der Waals surface area contributed by atoms with Crippen molar-refractivity contribution in [3.63, 3.8) is 0 Å². The van der Waals surface area contributed by atoms with Gasteiger partial charge in [0, 0.05) is 0 Å². The summed E-state index contributed by atoms with van der Waals surface area (Å²) in [5.74, 6) is 2.37. The van der Waals surface area contributed by atoms with Crippen LogP contribution >= 0.6 is 0 Å². The average molecular weight is 433 g/mol. The van der Waals surface area contributed by atoms with Crippen molar-refractivity contribution in [2.45, 2.75) is 116 Å². The number of hydrogen-bond donors (Lipinski definition) is 0. The first-order chi connectivity index (χ1) is 14.7. The first kappa shape index (κ1) is 22.8. The van der Waals surface area contributed by atoms with Gasteiger partial charge in [-0.2, -0.15) is 0 Å². The van der Waals surface area contributed by atoms with Gasteiger partial charge in [0.2, 0.25) is 0 Å². The van der Waals surface area contributed by atoms with Crippen molar-refractivity contribution in [3.8, 4) is 0 Å². The van der Waals surface area contributed by atoms with Crippen LogP contribution in [0.15, 0.2) is 36.4 Å². The predicted octanol–water partition coefficient (Wildman–Crippen LogP) is 8.07. The fraction of sp³-hybridized carbons (Fsp3) is 0.600. The molecule has 0 spiro atoms. The fourth-order valence-corrected chi connectivity index (χ4v) is 15.4. The standard InChI is InChI=1S/C30H44Si/c1-19(2)23-13-11-14-24(20(3)4)29(23)31(27-17-9-10-18-28(27)31)30-25(21(5)6)15-12-16-26(30)22(7)8/h11-16,19-22,27-28H,9-10,17-18H2,1-8H3. The molecule has 2 unspecified atom stereocenters. The second-order valence-electron chi connectivity index (χ2n) is 11.6. The molecule has 2 fully saturated rings. The van der Waals surface area contributed by atoms with Crippen LogP contribution in [0.4, 0.5) is 0 Å². The van der Waals surface area contributed by atoms with Crippen molar-refractivity contribution in [2.24, 2.45) is 0 Å². The molecule has 1 aliphatic carbocycles. The first-order valence-electron chi connectivity index (χ1n) is 13.0. The van der Waals surface area contributed by atoms with Gasteiger partial charge in [0.25, 0.3) is 0 Å². The normalized spacial score (nSPS) is 22.5. The van der Waals surface area contributed by atoms with Crippen LogP contribution in [0.5, 0.6) is 0 Å². The zero-order valence-electron chi connectivity index (χ0n) is 21.3. The van der Waals surface area contributed by atoms with E-state index in [4.69, 9.17) is 0 Å². The summed E-state index contributed by atoms with van der Waals surface area (Å²) >= 11 is 0. The highest BCUT2D eigenvalue weighted by atomic mass is 28.3. The highest BCUT2D eigenvalue weighted by Gasteiger charge is 2.70. The molecule has 0 N–H and O–H groups in total. The Morgan fingerprint density at radius 3 is 1.10 bits per heavy atom. The maximum Gasteiger partial charge on any atom is 0.125 e. The quantitative estimate of drug-likeness (QED) is 0.405. The molecular formula is C30H44Si. The monoisotopic (exact) mass is 432 g/mol. The van der Waals surface area contributed by atoms with E-state index in [-0.39, 0.29) is 0 Å². The van der Waals surface area contributed by atoms with Crippen LogP contribution in [0, 0.1) is 0 Å². The molecule has 1 aliphatic heterocycles. The molecule has 168 valence electrons. The van der Waals surface area contributed by atoms with Gasteiger partial charge in [0.15, 0.2) is 0 Å². The molecule has 2 aromatic carbocycles. The topological polar surface area (TPSA) is 0 Å². The van der Waals surface area contributed by atoms with Gasteiger partial charge in [-0.3, -0.25) is 0 Å². The van der Waals surface area contributed by atoms with E-state index < -0.39 is 8.07 Å². The van der Waals surface area contributed by atoms with Crippen molar-refractivity contribution >= 4 is 18.4 Å². The predicted molar refractivity (Wildman–Crippen MR) is 140 cm³/mol. The van der Waals surface area contributed by atoms with Gasteiger partial charge < -0.3 is 0 Å². The van der Waals surface area contributed by atoms with Gasteiger partial charge in [-0.1, -0.05) is 117 Å². The highest BCUT2D eigenvalue weighted by Crippen LogP contribution is 2.67. The minimum atomic E-state index is -1.83. The maximum atomic E-state index is 2.48. The van der Waals surface area contributed by atoms with E-state index in [9.17, 15) is 0 Å². The van der Waals surface area contributed by atoms with Crippen molar-refractivity contribution in [3.05, 3.63) is 58.7 Å². The highest BCUT2D eigenvalue weighted by molar-refractivity contribution is 7.13. The lowest BCUT2D eigenvalue weighted by atomic mass is 9.95. The average Bonchev–Trinajstić information content (AvgIpc) is 3.41. The van der Waals surface area contributed by atoms with E-state index >= 15 is 0 Å². The van der Waals surface area contributed by atoms with Crippen molar-refractivity contribution in [1.29, 1.82) is 0 Å². The lowest BCUT2D eigenvalue weighted by Crippen LogP contribution is -2.54. The molecule has 0 radical (unpaired) electrons. The van der Waals surface area contributed by atoms with E-state index in [1.165, 1.54) is 25.7 Å².